The number of hydrogen-bond acceptors (Lipinski definition) is 4. The van der Waals surface area contributed by atoms with Crippen LogP contribution in [0.15, 0.2) is 10.6 Å². The van der Waals surface area contributed by atoms with Crippen LogP contribution >= 0.6 is 0 Å². The highest BCUT2D eigenvalue weighted by atomic mass is 16.5. The van der Waals surface area contributed by atoms with Gasteiger partial charge in [0.1, 0.15) is 0 Å². The first-order valence-corrected chi connectivity index (χ1v) is 7.77. The Balaban J connectivity index is 1.86. The van der Waals surface area contributed by atoms with Gasteiger partial charge in [0.2, 0.25) is 0 Å². The molecule has 1 saturated carbocycles. The fraction of sp³-hybridized carbons (Fsp3) is 0.812. The summed E-state index contributed by atoms with van der Waals surface area (Å²) in [4.78, 5) is 2.49. The van der Waals surface area contributed by atoms with Crippen LogP contribution in [0.4, 0.5) is 0 Å². The lowest BCUT2D eigenvalue weighted by Crippen LogP contribution is -2.35. The van der Waals surface area contributed by atoms with E-state index < -0.39 is 0 Å². The molecule has 1 N–H and O–H groups in total. The molecule has 1 aliphatic rings. The minimum Gasteiger partial charge on any atom is -0.360 e. The molecule has 0 aliphatic heterocycles. The average molecular weight is 279 g/mol. The molecule has 0 spiro atoms. The lowest BCUT2D eigenvalue weighted by Gasteiger charge is -2.24. The first-order chi connectivity index (χ1) is 9.33. The highest BCUT2D eigenvalue weighted by Crippen LogP contribution is 2.30. The van der Waals surface area contributed by atoms with Crippen molar-refractivity contribution in [3.63, 3.8) is 0 Å². The molecule has 1 fully saturated rings. The minimum absolute atomic E-state index is 0.106. The summed E-state index contributed by atoms with van der Waals surface area (Å²) in [6.07, 6.45) is 2.78. The molecule has 0 saturated heterocycles. The predicted octanol–water partition coefficient (Wildman–Crippen LogP) is 3.18. The Hall–Kier alpha value is -0.870. The van der Waals surface area contributed by atoms with Gasteiger partial charge in [0.15, 0.2) is 5.76 Å². The van der Waals surface area contributed by atoms with Crippen LogP contribution in [0, 0.1) is 5.92 Å². The van der Waals surface area contributed by atoms with Gasteiger partial charge >= 0.3 is 0 Å². The van der Waals surface area contributed by atoms with Gasteiger partial charge in [-0.2, -0.15) is 0 Å². The van der Waals surface area contributed by atoms with E-state index in [0.29, 0.717) is 6.04 Å². The topological polar surface area (TPSA) is 41.3 Å². The maximum absolute atomic E-state index is 5.48. The molecule has 4 nitrogen and oxygen atoms in total. The standard InChI is InChI=1S/C16H29N3O/c1-12(2)19(10-13-6-7-13)11-15-8-14(18-20-15)9-17-16(3,4)5/h8,12-13,17H,6-7,9-11H2,1-5H3. The highest BCUT2D eigenvalue weighted by molar-refractivity contribution is 5.06. The summed E-state index contributed by atoms with van der Waals surface area (Å²) in [5.41, 5.74) is 1.10. The van der Waals surface area contributed by atoms with Gasteiger partial charge in [-0.05, 0) is 53.4 Å². The second kappa shape index (κ2) is 6.27. The Bertz CT molecular complexity index is 416. The second-order valence-corrected chi connectivity index (χ2v) is 7.35. The normalized spacial score (nSPS) is 16.4. The van der Waals surface area contributed by atoms with Gasteiger partial charge in [0.25, 0.3) is 0 Å². The molecular weight excluding hydrogens is 250 g/mol. The summed E-state index contributed by atoms with van der Waals surface area (Å²) in [6.45, 7) is 13.8. The van der Waals surface area contributed by atoms with Gasteiger partial charge in [0.05, 0.1) is 12.2 Å². The molecule has 2 rings (SSSR count). The zero-order chi connectivity index (χ0) is 14.8. The fourth-order valence-corrected chi connectivity index (χ4v) is 2.16. The van der Waals surface area contributed by atoms with Crippen molar-refractivity contribution in [2.75, 3.05) is 6.54 Å². The van der Waals surface area contributed by atoms with Crippen molar-refractivity contribution in [3.8, 4) is 0 Å². The largest absolute Gasteiger partial charge is 0.360 e. The van der Waals surface area contributed by atoms with E-state index in [-0.39, 0.29) is 5.54 Å². The van der Waals surface area contributed by atoms with Crippen molar-refractivity contribution >= 4 is 0 Å². The van der Waals surface area contributed by atoms with Gasteiger partial charge in [-0.3, -0.25) is 4.90 Å². The summed E-state index contributed by atoms with van der Waals surface area (Å²) in [6, 6.07) is 2.64. The molecular formula is C16H29N3O. The molecule has 0 bridgehead atoms. The number of nitrogens with zero attached hydrogens (tertiary/aromatic N) is 2. The molecule has 1 heterocycles. The Morgan fingerprint density at radius 2 is 2.10 bits per heavy atom. The predicted molar refractivity (Wildman–Crippen MR) is 81.4 cm³/mol. The number of aromatic nitrogens is 1. The van der Waals surface area contributed by atoms with Crippen LogP contribution in [0.3, 0.4) is 0 Å². The fourth-order valence-electron chi connectivity index (χ4n) is 2.16. The quantitative estimate of drug-likeness (QED) is 0.832. The molecule has 1 aromatic heterocycles. The number of hydrogen-bond donors (Lipinski definition) is 1. The van der Waals surface area contributed by atoms with E-state index in [4.69, 9.17) is 4.52 Å². The molecule has 0 aromatic carbocycles. The monoisotopic (exact) mass is 279 g/mol. The molecule has 4 heteroatoms. The van der Waals surface area contributed by atoms with Gasteiger partial charge in [-0.1, -0.05) is 5.16 Å². The van der Waals surface area contributed by atoms with E-state index in [0.717, 1.165) is 30.5 Å². The van der Waals surface area contributed by atoms with E-state index in [1.54, 1.807) is 0 Å². The van der Waals surface area contributed by atoms with E-state index in [1.165, 1.54) is 19.4 Å². The summed E-state index contributed by atoms with van der Waals surface area (Å²) in [5, 5.41) is 7.60. The molecule has 1 aliphatic carbocycles. The Kier molecular flexibility index (Phi) is 4.86. The molecule has 0 atom stereocenters. The van der Waals surface area contributed by atoms with Crippen LogP contribution in [0.2, 0.25) is 0 Å². The molecule has 0 radical (unpaired) electrons. The smallest absolute Gasteiger partial charge is 0.151 e. The SMILES string of the molecule is CC(C)N(Cc1cc(CNC(C)(C)C)no1)CC1CC1. The van der Waals surface area contributed by atoms with Crippen LogP contribution in [0.1, 0.15) is 58.9 Å². The van der Waals surface area contributed by atoms with Crippen molar-refractivity contribution in [3.05, 3.63) is 17.5 Å². The van der Waals surface area contributed by atoms with E-state index >= 15 is 0 Å². The number of rotatable bonds is 7. The molecule has 0 amide bonds. The maximum Gasteiger partial charge on any atom is 0.151 e. The average Bonchev–Trinajstić information content (AvgIpc) is 3.03. The zero-order valence-electron chi connectivity index (χ0n) is 13.6. The molecule has 20 heavy (non-hydrogen) atoms. The summed E-state index contributed by atoms with van der Waals surface area (Å²) in [5.74, 6) is 1.88. The van der Waals surface area contributed by atoms with Gasteiger partial charge < -0.3 is 9.84 Å². The molecule has 1 aromatic rings. The van der Waals surface area contributed by atoms with E-state index in [9.17, 15) is 0 Å². The minimum atomic E-state index is 0.106. The van der Waals surface area contributed by atoms with Crippen LogP contribution in [-0.2, 0) is 13.1 Å². The van der Waals surface area contributed by atoms with Crippen molar-refractivity contribution in [1.82, 2.24) is 15.4 Å². The second-order valence-electron chi connectivity index (χ2n) is 7.35. The Labute approximate surface area is 122 Å². The molecule has 114 valence electrons. The maximum atomic E-state index is 5.48. The summed E-state index contributed by atoms with van der Waals surface area (Å²) >= 11 is 0. The zero-order valence-corrected chi connectivity index (χ0v) is 13.6. The first-order valence-electron chi connectivity index (χ1n) is 7.77. The van der Waals surface area contributed by atoms with Crippen molar-refractivity contribution in [2.24, 2.45) is 5.92 Å². The third-order valence-electron chi connectivity index (χ3n) is 3.69. The van der Waals surface area contributed by atoms with Crippen molar-refractivity contribution < 1.29 is 4.52 Å². The molecule has 0 unspecified atom stereocenters. The van der Waals surface area contributed by atoms with Gasteiger partial charge in [-0.25, -0.2) is 0 Å². The van der Waals surface area contributed by atoms with Gasteiger partial charge in [0, 0.05) is 30.7 Å². The number of nitrogens with one attached hydrogen (secondary N) is 1. The highest BCUT2D eigenvalue weighted by Gasteiger charge is 2.26. The van der Waals surface area contributed by atoms with Crippen molar-refractivity contribution in [2.45, 2.75) is 72.1 Å². The van der Waals surface area contributed by atoms with Crippen LogP contribution in [0.25, 0.3) is 0 Å². The summed E-state index contributed by atoms with van der Waals surface area (Å²) < 4.78 is 5.48. The van der Waals surface area contributed by atoms with Gasteiger partial charge in [-0.15, -0.1) is 0 Å². The third kappa shape index (κ3) is 5.25. The third-order valence-corrected chi connectivity index (χ3v) is 3.69. The van der Waals surface area contributed by atoms with Crippen LogP contribution in [0.5, 0.6) is 0 Å². The lowest BCUT2D eigenvalue weighted by atomic mass is 10.1. The Morgan fingerprint density at radius 3 is 2.65 bits per heavy atom. The van der Waals surface area contributed by atoms with Crippen LogP contribution in [-0.4, -0.2) is 28.2 Å². The van der Waals surface area contributed by atoms with Crippen molar-refractivity contribution in [1.29, 1.82) is 0 Å². The van der Waals surface area contributed by atoms with E-state index in [2.05, 4.69) is 56.1 Å². The van der Waals surface area contributed by atoms with E-state index in [1.807, 2.05) is 0 Å². The lowest BCUT2D eigenvalue weighted by molar-refractivity contribution is 0.181. The van der Waals surface area contributed by atoms with Crippen LogP contribution < -0.4 is 5.32 Å². The Morgan fingerprint density at radius 1 is 1.40 bits per heavy atom. The summed E-state index contributed by atoms with van der Waals surface area (Å²) in [7, 11) is 0. The first kappa shape index (κ1) is 15.5.